The second-order valence-corrected chi connectivity index (χ2v) is 3.60. The summed E-state index contributed by atoms with van der Waals surface area (Å²) in [4.78, 5) is 10.9. The maximum absolute atomic E-state index is 10.9. The van der Waals surface area contributed by atoms with Crippen LogP contribution in [0.4, 0.5) is 0 Å². The standard InChI is InChI=1S/C13H10BO3/c15-13(16)10-5-3-4-9(8-10)11-6-1-2-7-12(11)14-17/h1-8,17H,(H,15,16). The van der Waals surface area contributed by atoms with Crippen molar-refractivity contribution in [1.82, 2.24) is 0 Å². The van der Waals surface area contributed by atoms with E-state index in [9.17, 15) is 4.79 Å². The van der Waals surface area contributed by atoms with Crippen LogP contribution in [0.3, 0.4) is 0 Å². The first kappa shape index (κ1) is 11.4. The maximum atomic E-state index is 10.9. The van der Waals surface area contributed by atoms with E-state index < -0.39 is 5.97 Å². The summed E-state index contributed by atoms with van der Waals surface area (Å²) in [6, 6.07) is 13.9. The monoisotopic (exact) mass is 225 g/mol. The topological polar surface area (TPSA) is 57.5 Å². The number of carboxylic acids is 1. The van der Waals surface area contributed by atoms with Crippen molar-refractivity contribution >= 4 is 18.9 Å². The SMILES string of the molecule is O=C(O)c1cccc(-c2ccccc2[B]O)c1. The van der Waals surface area contributed by atoms with Crippen LogP contribution >= 0.6 is 0 Å². The number of benzene rings is 2. The molecule has 0 amide bonds. The normalized spacial score (nSPS) is 9.94. The van der Waals surface area contributed by atoms with Crippen LogP contribution in [0.2, 0.25) is 0 Å². The van der Waals surface area contributed by atoms with Crippen LogP contribution < -0.4 is 5.46 Å². The number of rotatable bonds is 3. The van der Waals surface area contributed by atoms with Gasteiger partial charge in [0.1, 0.15) is 0 Å². The van der Waals surface area contributed by atoms with E-state index in [2.05, 4.69) is 0 Å². The molecule has 0 bridgehead atoms. The molecule has 2 rings (SSSR count). The highest BCUT2D eigenvalue weighted by molar-refractivity contribution is 6.48. The van der Waals surface area contributed by atoms with E-state index in [1.54, 1.807) is 18.2 Å². The molecule has 0 saturated carbocycles. The van der Waals surface area contributed by atoms with Crippen molar-refractivity contribution in [3.05, 3.63) is 54.1 Å². The summed E-state index contributed by atoms with van der Waals surface area (Å²) in [6.07, 6.45) is 0. The van der Waals surface area contributed by atoms with Crippen molar-refractivity contribution in [2.45, 2.75) is 0 Å². The molecule has 0 aliphatic rings. The van der Waals surface area contributed by atoms with Gasteiger partial charge in [0.05, 0.1) is 5.56 Å². The van der Waals surface area contributed by atoms with Gasteiger partial charge in [0.2, 0.25) is 0 Å². The van der Waals surface area contributed by atoms with Gasteiger partial charge in [-0.05, 0) is 28.7 Å². The Labute approximate surface area is 99.6 Å². The highest BCUT2D eigenvalue weighted by Crippen LogP contribution is 2.18. The maximum Gasteiger partial charge on any atom is 0.335 e. The summed E-state index contributed by atoms with van der Waals surface area (Å²) in [5.74, 6) is -0.961. The fourth-order valence-corrected chi connectivity index (χ4v) is 1.69. The van der Waals surface area contributed by atoms with Gasteiger partial charge in [-0.2, -0.15) is 0 Å². The van der Waals surface area contributed by atoms with E-state index >= 15 is 0 Å². The lowest BCUT2D eigenvalue weighted by Gasteiger charge is -2.07. The van der Waals surface area contributed by atoms with Crippen LogP contribution in [0.25, 0.3) is 11.1 Å². The Kier molecular flexibility index (Phi) is 3.26. The molecule has 0 atom stereocenters. The zero-order chi connectivity index (χ0) is 12.3. The summed E-state index contributed by atoms with van der Waals surface area (Å²) < 4.78 is 0. The first-order chi connectivity index (χ1) is 8.22. The quantitative estimate of drug-likeness (QED) is 0.773. The lowest BCUT2D eigenvalue weighted by molar-refractivity contribution is 0.0697. The van der Waals surface area contributed by atoms with E-state index in [1.165, 1.54) is 6.07 Å². The number of hydrogen-bond donors (Lipinski definition) is 2. The molecule has 0 aromatic heterocycles. The van der Waals surface area contributed by atoms with Crippen LogP contribution in [-0.2, 0) is 0 Å². The highest BCUT2D eigenvalue weighted by atomic mass is 16.4. The average molecular weight is 225 g/mol. The molecule has 1 radical (unpaired) electrons. The molecule has 0 fully saturated rings. The molecule has 0 heterocycles. The van der Waals surface area contributed by atoms with Gasteiger partial charge < -0.3 is 10.1 Å². The summed E-state index contributed by atoms with van der Waals surface area (Å²) in [6.45, 7) is 0. The number of carbonyl (C=O) groups is 1. The van der Waals surface area contributed by atoms with Crippen molar-refractivity contribution in [3.63, 3.8) is 0 Å². The molecule has 83 valence electrons. The third-order valence-corrected chi connectivity index (χ3v) is 2.52. The van der Waals surface area contributed by atoms with Gasteiger partial charge in [0.15, 0.2) is 0 Å². The molecule has 0 saturated heterocycles. The number of aromatic carboxylic acids is 1. The Morgan fingerprint density at radius 2 is 1.82 bits per heavy atom. The Morgan fingerprint density at radius 1 is 1.06 bits per heavy atom. The molecule has 0 aliphatic heterocycles. The molecule has 0 aliphatic carbocycles. The van der Waals surface area contributed by atoms with Crippen molar-refractivity contribution in [2.24, 2.45) is 0 Å². The van der Waals surface area contributed by atoms with E-state index in [-0.39, 0.29) is 5.56 Å². The lowest BCUT2D eigenvalue weighted by atomic mass is 9.82. The van der Waals surface area contributed by atoms with Crippen LogP contribution in [-0.4, -0.2) is 23.6 Å². The van der Waals surface area contributed by atoms with Gasteiger partial charge >= 0.3 is 13.5 Å². The molecular formula is C13H10BO3. The number of hydrogen-bond acceptors (Lipinski definition) is 2. The van der Waals surface area contributed by atoms with Crippen molar-refractivity contribution in [2.75, 3.05) is 0 Å². The van der Waals surface area contributed by atoms with Gasteiger partial charge in [-0.3, -0.25) is 0 Å². The fourth-order valence-electron chi connectivity index (χ4n) is 1.69. The van der Waals surface area contributed by atoms with Gasteiger partial charge in [0, 0.05) is 0 Å². The Hall–Kier alpha value is -2.07. The minimum atomic E-state index is -0.961. The van der Waals surface area contributed by atoms with Gasteiger partial charge in [-0.25, -0.2) is 4.79 Å². The molecule has 0 unspecified atom stereocenters. The van der Waals surface area contributed by atoms with Gasteiger partial charge in [-0.1, -0.05) is 36.4 Å². The van der Waals surface area contributed by atoms with Gasteiger partial charge in [-0.15, -0.1) is 0 Å². The molecule has 2 aromatic carbocycles. The van der Waals surface area contributed by atoms with Crippen LogP contribution in [0.1, 0.15) is 10.4 Å². The summed E-state index contributed by atoms with van der Waals surface area (Å²) in [7, 11) is 1.02. The van der Waals surface area contributed by atoms with Crippen molar-refractivity contribution in [1.29, 1.82) is 0 Å². The third kappa shape index (κ3) is 2.37. The number of carboxylic acid groups (broad SMARTS) is 1. The molecule has 4 heteroatoms. The highest BCUT2D eigenvalue weighted by Gasteiger charge is 2.08. The smallest absolute Gasteiger partial charge is 0.335 e. The summed E-state index contributed by atoms with van der Waals surface area (Å²) in [5.41, 5.74) is 2.47. The predicted octanol–water partition coefficient (Wildman–Crippen LogP) is 1.29. The second-order valence-electron chi connectivity index (χ2n) is 3.60. The van der Waals surface area contributed by atoms with E-state index in [4.69, 9.17) is 10.1 Å². The van der Waals surface area contributed by atoms with Crippen LogP contribution in [0.5, 0.6) is 0 Å². The van der Waals surface area contributed by atoms with E-state index in [0.717, 1.165) is 18.6 Å². The second kappa shape index (κ2) is 4.85. The van der Waals surface area contributed by atoms with Crippen molar-refractivity contribution < 1.29 is 14.9 Å². The third-order valence-electron chi connectivity index (χ3n) is 2.52. The molecule has 2 aromatic rings. The van der Waals surface area contributed by atoms with E-state index in [1.807, 2.05) is 24.3 Å². The van der Waals surface area contributed by atoms with Crippen LogP contribution in [0.15, 0.2) is 48.5 Å². The Bertz CT molecular complexity index is 552. The zero-order valence-corrected chi connectivity index (χ0v) is 9.00. The zero-order valence-electron chi connectivity index (χ0n) is 9.00. The largest absolute Gasteiger partial charge is 0.478 e. The fraction of sp³-hybridized carbons (Fsp3) is 0. The first-order valence-electron chi connectivity index (χ1n) is 5.12. The molecule has 2 N–H and O–H groups in total. The van der Waals surface area contributed by atoms with Crippen molar-refractivity contribution in [3.8, 4) is 11.1 Å². The molecule has 17 heavy (non-hydrogen) atoms. The first-order valence-corrected chi connectivity index (χ1v) is 5.12. The minimum absolute atomic E-state index is 0.232. The lowest BCUT2D eigenvalue weighted by Crippen LogP contribution is -2.16. The average Bonchev–Trinajstić information content (AvgIpc) is 2.39. The molecular weight excluding hydrogens is 215 g/mol. The minimum Gasteiger partial charge on any atom is -0.478 e. The van der Waals surface area contributed by atoms with E-state index in [0.29, 0.717) is 5.46 Å². The molecule has 0 spiro atoms. The van der Waals surface area contributed by atoms with Crippen LogP contribution in [0, 0.1) is 0 Å². The Balaban J connectivity index is 2.52. The van der Waals surface area contributed by atoms with Gasteiger partial charge in [0.25, 0.3) is 0 Å². The predicted molar refractivity (Wildman–Crippen MR) is 66.4 cm³/mol. The molecule has 3 nitrogen and oxygen atoms in total. The summed E-state index contributed by atoms with van der Waals surface area (Å²) in [5, 5.41) is 18.0. The Morgan fingerprint density at radius 3 is 2.53 bits per heavy atom. The summed E-state index contributed by atoms with van der Waals surface area (Å²) >= 11 is 0.